The fraction of sp³-hybridized carbons (Fsp3) is 0.211. The van der Waals surface area contributed by atoms with Crippen molar-refractivity contribution >= 4 is 45.8 Å². The third-order valence-corrected chi connectivity index (χ3v) is 5.13. The van der Waals surface area contributed by atoms with Gasteiger partial charge in [0.05, 0.1) is 17.3 Å². The number of carbonyl (C=O) groups is 1. The molecule has 1 aromatic heterocycles. The number of nitrogens with zero attached hydrogens (tertiary/aromatic N) is 1. The molecule has 1 aliphatic rings. The Morgan fingerprint density at radius 1 is 1.16 bits per heavy atom. The summed E-state index contributed by atoms with van der Waals surface area (Å²) in [4.78, 5) is 18.0. The lowest BCUT2D eigenvalue weighted by Crippen LogP contribution is -2.34. The van der Waals surface area contributed by atoms with Crippen molar-refractivity contribution in [1.29, 1.82) is 0 Å². The summed E-state index contributed by atoms with van der Waals surface area (Å²) in [6.07, 6.45) is 1.88. The molecular formula is C19H17Cl2N3O. The minimum absolute atomic E-state index is 0.171. The number of halogens is 2. The first kappa shape index (κ1) is 16.3. The minimum atomic E-state index is -0.171. The van der Waals surface area contributed by atoms with Gasteiger partial charge in [0.1, 0.15) is 0 Å². The second-order valence-electron chi connectivity index (χ2n) is 6.21. The molecule has 128 valence electrons. The summed E-state index contributed by atoms with van der Waals surface area (Å²) in [7, 11) is 0. The summed E-state index contributed by atoms with van der Waals surface area (Å²) in [6.45, 7) is 1.24. The minimum Gasteiger partial charge on any atom is -0.357 e. The summed E-state index contributed by atoms with van der Waals surface area (Å²) in [5.74, 6) is 0. The van der Waals surface area contributed by atoms with Gasteiger partial charge in [0.15, 0.2) is 0 Å². The van der Waals surface area contributed by atoms with Crippen molar-refractivity contribution in [1.82, 2.24) is 9.88 Å². The molecule has 2 amide bonds. The standard InChI is InChI=1S/C19H17Cl2N3O/c20-12-7-8-15(21)17(10-12)23-19(25)24-9-3-5-14-13-4-1-2-6-16(13)22-18(14)11-24/h1-2,4,6-8,10,22H,3,5,9,11H2,(H,23,25). The number of anilines is 1. The lowest BCUT2D eigenvalue weighted by atomic mass is 10.1. The maximum atomic E-state index is 12.7. The molecule has 1 aliphatic heterocycles. The van der Waals surface area contributed by atoms with Gasteiger partial charge in [0.25, 0.3) is 0 Å². The SMILES string of the molecule is O=C(Nc1cc(Cl)ccc1Cl)N1CCCc2c([nH]c3ccccc23)C1. The maximum Gasteiger partial charge on any atom is 0.322 e. The Balaban J connectivity index is 1.58. The molecular weight excluding hydrogens is 357 g/mol. The molecule has 3 aromatic rings. The molecule has 0 fully saturated rings. The zero-order valence-corrected chi connectivity index (χ0v) is 15.0. The van der Waals surface area contributed by atoms with Gasteiger partial charge in [-0.15, -0.1) is 0 Å². The van der Waals surface area contributed by atoms with Crippen LogP contribution in [0.3, 0.4) is 0 Å². The lowest BCUT2D eigenvalue weighted by Gasteiger charge is -2.21. The van der Waals surface area contributed by atoms with Crippen molar-refractivity contribution < 1.29 is 4.79 Å². The van der Waals surface area contributed by atoms with Crippen LogP contribution in [0, 0.1) is 0 Å². The monoisotopic (exact) mass is 373 g/mol. The normalized spacial score (nSPS) is 14.2. The van der Waals surface area contributed by atoms with Crippen LogP contribution >= 0.6 is 23.2 Å². The van der Waals surface area contributed by atoms with E-state index in [2.05, 4.69) is 22.4 Å². The van der Waals surface area contributed by atoms with Crippen molar-refractivity contribution in [2.24, 2.45) is 0 Å². The van der Waals surface area contributed by atoms with Crippen molar-refractivity contribution in [2.75, 3.05) is 11.9 Å². The molecule has 25 heavy (non-hydrogen) atoms. The third kappa shape index (κ3) is 3.20. The van der Waals surface area contributed by atoms with E-state index in [4.69, 9.17) is 23.2 Å². The van der Waals surface area contributed by atoms with Crippen molar-refractivity contribution in [3.05, 3.63) is 63.8 Å². The number of nitrogens with one attached hydrogen (secondary N) is 2. The van der Waals surface area contributed by atoms with E-state index < -0.39 is 0 Å². The van der Waals surface area contributed by atoms with Crippen LogP contribution in [0.4, 0.5) is 10.5 Å². The van der Waals surface area contributed by atoms with E-state index in [0.29, 0.717) is 28.8 Å². The Labute approximate surface area is 155 Å². The second-order valence-corrected chi connectivity index (χ2v) is 7.05. The molecule has 2 aromatic carbocycles. The number of H-pyrrole nitrogens is 1. The highest BCUT2D eigenvalue weighted by Crippen LogP contribution is 2.29. The number of urea groups is 1. The van der Waals surface area contributed by atoms with Gasteiger partial charge in [-0.25, -0.2) is 4.79 Å². The van der Waals surface area contributed by atoms with Gasteiger partial charge in [0.2, 0.25) is 0 Å². The molecule has 0 atom stereocenters. The number of hydrogen-bond donors (Lipinski definition) is 2. The number of benzene rings is 2. The predicted octanol–water partition coefficient (Wildman–Crippen LogP) is 5.46. The topological polar surface area (TPSA) is 48.1 Å². The van der Waals surface area contributed by atoms with Crippen LogP contribution in [0.1, 0.15) is 17.7 Å². The molecule has 2 N–H and O–H groups in total. The molecule has 0 unspecified atom stereocenters. The first-order chi connectivity index (χ1) is 12.1. The molecule has 0 aliphatic carbocycles. The number of hydrogen-bond acceptors (Lipinski definition) is 1. The first-order valence-electron chi connectivity index (χ1n) is 8.21. The molecule has 0 spiro atoms. The second kappa shape index (κ2) is 6.62. The van der Waals surface area contributed by atoms with Gasteiger partial charge < -0.3 is 15.2 Å². The van der Waals surface area contributed by atoms with Crippen molar-refractivity contribution in [3.8, 4) is 0 Å². The Bertz CT molecular complexity index is 951. The Hall–Kier alpha value is -2.17. The van der Waals surface area contributed by atoms with Gasteiger partial charge in [-0.2, -0.15) is 0 Å². The average molecular weight is 374 g/mol. The highest BCUT2D eigenvalue weighted by Gasteiger charge is 2.22. The Kier molecular flexibility index (Phi) is 4.32. The van der Waals surface area contributed by atoms with Crippen LogP contribution in [-0.2, 0) is 13.0 Å². The summed E-state index contributed by atoms with van der Waals surface area (Å²) >= 11 is 12.1. The van der Waals surface area contributed by atoms with Crippen LogP contribution in [0.25, 0.3) is 10.9 Å². The molecule has 4 rings (SSSR count). The lowest BCUT2D eigenvalue weighted by molar-refractivity contribution is 0.209. The molecule has 2 heterocycles. The summed E-state index contributed by atoms with van der Waals surface area (Å²) in [5.41, 5.74) is 4.06. The summed E-state index contributed by atoms with van der Waals surface area (Å²) in [6, 6.07) is 13.1. The van der Waals surface area contributed by atoms with E-state index >= 15 is 0 Å². The quantitative estimate of drug-likeness (QED) is 0.584. The maximum absolute atomic E-state index is 12.7. The van der Waals surface area contributed by atoms with Crippen molar-refractivity contribution in [2.45, 2.75) is 19.4 Å². The Morgan fingerprint density at radius 2 is 2.00 bits per heavy atom. The highest BCUT2D eigenvalue weighted by atomic mass is 35.5. The van der Waals surface area contributed by atoms with Gasteiger partial charge in [-0.3, -0.25) is 0 Å². The first-order valence-corrected chi connectivity index (χ1v) is 8.97. The third-order valence-electron chi connectivity index (χ3n) is 4.56. The number of amides is 2. The fourth-order valence-corrected chi connectivity index (χ4v) is 3.69. The molecule has 0 radical (unpaired) electrons. The highest BCUT2D eigenvalue weighted by molar-refractivity contribution is 6.35. The van der Waals surface area contributed by atoms with Crippen LogP contribution in [0.15, 0.2) is 42.5 Å². The van der Waals surface area contributed by atoms with E-state index in [0.717, 1.165) is 24.1 Å². The number of carbonyl (C=O) groups excluding carboxylic acids is 1. The van der Waals surface area contributed by atoms with Crippen LogP contribution in [0.2, 0.25) is 10.0 Å². The van der Waals surface area contributed by atoms with Gasteiger partial charge in [-0.05, 0) is 42.7 Å². The molecule has 0 bridgehead atoms. The van der Waals surface area contributed by atoms with E-state index in [1.54, 1.807) is 23.1 Å². The largest absolute Gasteiger partial charge is 0.357 e. The van der Waals surface area contributed by atoms with Crippen LogP contribution in [-0.4, -0.2) is 22.5 Å². The number of aromatic amines is 1. The van der Waals surface area contributed by atoms with E-state index in [1.165, 1.54) is 10.9 Å². The number of rotatable bonds is 1. The average Bonchev–Trinajstić information content (AvgIpc) is 2.80. The number of aryl methyl sites for hydroxylation is 1. The van der Waals surface area contributed by atoms with E-state index in [9.17, 15) is 4.79 Å². The fourth-order valence-electron chi connectivity index (χ4n) is 3.35. The zero-order valence-electron chi connectivity index (χ0n) is 13.5. The number of fused-ring (bicyclic) bond motifs is 3. The number of para-hydroxylation sites is 1. The Morgan fingerprint density at radius 3 is 2.88 bits per heavy atom. The van der Waals surface area contributed by atoms with E-state index in [-0.39, 0.29) is 6.03 Å². The van der Waals surface area contributed by atoms with Crippen LogP contribution in [0.5, 0.6) is 0 Å². The predicted molar refractivity (Wildman–Crippen MR) is 103 cm³/mol. The van der Waals surface area contributed by atoms with Crippen LogP contribution < -0.4 is 5.32 Å². The molecule has 6 heteroatoms. The molecule has 4 nitrogen and oxygen atoms in total. The molecule has 0 saturated heterocycles. The van der Waals surface area contributed by atoms with Gasteiger partial charge >= 0.3 is 6.03 Å². The van der Waals surface area contributed by atoms with Gasteiger partial charge in [-0.1, -0.05) is 41.4 Å². The smallest absolute Gasteiger partial charge is 0.322 e. The van der Waals surface area contributed by atoms with Crippen molar-refractivity contribution in [3.63, 3.8) is 0 Å². The zero-order chi connectivity index (χ0) is 17.4. The summed E-state index contributed by atoms with van der Waals surface area (Å²) in [5, 5.41) is 5.12. The van der Waals surface area contributed by atoms with Gasteiger partial charge in [0, 0.05) is 28.2 Å². The molecule has 0 saturated carbocycles. The summed E-state index contributed by atoms with van der Waals surface area (Å²) < 4.78 is 0. The number of aromatic nitrogens is 1. The van der Waals surface area contributed by atoms with E-state index in [1.807, 2.05) is 12.1 Å².